The van der Waals surface area contributed by atoms with E-state index < -0.39 is 39.3 Å². The predicted molar refractivity (Wildman–Crippen MR) is 135 cm³/mol. The summed E-state index contributed by atoms with van der Waals surface area (Å²) in [6.07, 6.45) is 0. The lowest BCUT2D eigenvalue weighted by molar-refractivity contribution is -0.384. The lowest BCUT2D eigenvalue weighted by Gasteiger charge is -2.31. The number of carbonyl (C=O) groups excluding carboxylic acids is 2. The van der Waals surface area contributed by atoms with Gasteiger partial charge in [0.1, 0.15) is 12.6 Å². The van der Waals surface area contributed by atoms with Crippen LogP contribution in [0.1, 0.15) is 12.5 Å². The van der Waals surface area contributed by atoms with Crippen LogP contribution < -0.4 is 9.62 Å². The number of nitrogens with one attached hydrogen (secondary N) is 1. The molecule has 0 aliphatic heterocycles. The average Bonchev–Trinajstić information content (AvgIpc) is 2.90. The first-order valence-electron chi connectivity index (χ1n) is 11.0. The molecule has 0 radical (unpaired) electrons. The van der Waals surface area contributed by atoms with Gasteiger partial charge < -0.3 is 10.2 Å². The number of likely N-dealkylation sites (N-methyl/N-ethyl adjacent to an activating group) is 1. The molecule has 0 aliphatic rings. The minimum Gasteiger partial charge on any atom is -0.357 e. The minimum absolute atomic E-state index is 0.0508. The van der Waals surface area contributed by atoms with E-state index in [4.69, 9.17) is 0 Å². The summed E-state index contributed by atoms with van der Waals surface area (Å²) in [5.41, 5.74) is 0.612. The highest BCUT2D eigenvalue weighted by Gasteiger charge is 2.32. The first-order chi connectivity index (χ1) is 17.1. The van der Waals surface area contributed by atoms with Crippen molar-refractivity contribution in [3.63, 3.8) is 0 Å². The van der Waals surface area contributed by atoms with Gasteiger partial charge in [-0.3, -0.25) is 24.0 Å². The molecule has 0 unspecified atom stereocenters. The predicted octanol–water partition coefficient (Wildman–Crippen LogP) is 2.95. The molecule has 0 saturated heterocycles. The van der Waals surface area contributed by atoms with E-state index in [1.165, 1.54) is 48.3 Å². The quantitative estimate of drug-likeness (QED) is 0.330. The van der Waals surface area contributed by atoms with E-state index >= 15 is 0 Å². The smallest absolute Gasteiger partial charge is 0.269 e. The third kappa shape index (κ3) is 6.05. The zero-order valence-corrected chi connectivity index (χ0v) is 20.6. The Kier molecular flexibility index (Phi) is 8.38. The molecule has 0 aromatic heterocycles. The third-order valence-corrected chi connectivity index (χ3v) is 7.36. The summed E-state index contributed by atoms with van der Waals surface area (Å²) in [5, 5.41) is 13.6. The average molecular weight is 511 g/mol. The van der Waals surface area contributed by atoms with Crippen molar-refractivity contribution in [3.05, 3.63) is 101 Å². The van der Waals surface area contributed by atoms with Crippen molar-refractivity contribution in [1.82, 2.24) is 10.2 Å². The van der Waals surface area contributed by atoms with Crippen molar-refractivity contribution in [2.45, 2.75) is 24.4 Å². The van der Waals surface area contributed by atoms with E-state index in [9.17, 15) is 28.1 Å². The molecule has 0 aliphatic carbocycles. The number of nitro groups is 1. The Morgan fingerprint density at radius 1 is 0.944 bits per heavy atom. The normalized spacial score (nSPS) is 11.8. The Bertz CT molecular complexity index is 1320. The minimum atomic E-state index is -4.22. The van der Waals surface area contributed by atoms with E-state index in [0.717, 1.165) is 9.87 Å². The van der Waals surface area contributed by atoms with Crippen LogP contribution >= 0.6 is 0 Å². The van der Waals surface area contributed by atoms with Gasteiger partial charge in [-0.1, -0.05) is 48.5 Å². The van der Waals surface area contributed by atoms with E-state index in [2.05, 4.69) is 5.32 Å². The molecule has 36 heavy (non-hydrogen) atoms. The molecule has 11 heteroatoms. The van der Waals surface area contributed by atoms with Crippen LogP contribution in [0.5, 0.6) is 0 Å². The topological polar surface area (TPSA) is 130 Å². The number of nitro benzene ring substituents is 1. The molecule has 0 heterocycles. The molecule has 3 aromatic carbocycles. The van der Waals surface area contributed by atoms with Crippen LogP contribution in [-0.4, -0.2) is 49.7 Å². The number of non-ortho nitro benzene ring substituents is 1. The lowest BCUT2D eigenvalue weighted by atomic mass is 10.1. The molecule has 0 bridgehead atoms. The molecule has 3 rings (SSSR count). The van der Waals surface area contributed by atoms with Crippen molar-refractivity contribution in [2.75, 3.05) is 17.9 Å². The van der Waals surface area contributed by atoms with Gasteiger partial charge in [0, 0.05) is 25.7 Å². The van der Waals surface area contributed by atoms with E-state index in [1.807, 2.05) is 6.07 Å². The molecular weight excluding hydrogens is 484 g/mol. The number of hydrogen-bond acceptors (Lipinski definition) is 6. The number of nitrogens with zero attached hydrogens (tertiary/aromatic N) is 3. The van der Waals surface area contributed by atoms with Gasteiger partial charge in [0.25, 0.3) is 15.7 Å². The second-order valence-electron chi connectivity index (χ2n) is 7.90. The van der Waals surface area contributed by atoms with Crippen LogP contribution in [0.4, 0.5) is 11.4 Å². The van der Waals surface area contributed by atoms with Crippen LogP contribution in [-0.2, 0) is 26.2 Å². The van der Waals surface area contributed by atoms with Crippen molar-refractivity contribution >= 4 is 33.2 Å². The molecule has 0 saturated carbocycles. The van der Waals surface area contributed by atoms with Crippen LogP contribution in [0, 0.1) is 10.1 Å². The van der Waals surface area contributed by atoms with Gasteiger partial charge in [-0.2, -0.15) is 0 Å². The number of amides is 2. The Labute approximate surface area is 209 Å². The third-order valence-electron chi connectivity index (χ3n) is 5.57. The second kappa shape index (κ2) is 11.5. The van der Waals surface area contributed by atoms with Crippen LogP contribution in [0.3, 0.4) is 0 Å². The maximum atomic E-state index is 13.6. The summed E-state index contributed by atoms with van der Waals surface area (Å²) in [4.78, 5) is 37.7. The number of hydrogen-bond donors (Lipinski definition) is 1. The van der Waals surface area contributed by atoms with Crippen LogP contribution in [0.25, 0.3) is 0 Å². The number of rotatable bonds is 10. The van der Waals surface area contributed by atoms with Crippen molar-refractivity contribution in [1.29, 1.82) is 0 Å². The zero-order chi connectivity index (χ0) is 26.3. The van der Waals surface area contributed by atoms with E-state index in [-0.39, 0.29) is 22.8 Å². The summed E-state index contributed by atoms with van der Waals surface area (Å²) in [7, 11) is -2.77. The van der Waals surface area contributed by atoms with Crippen molar-refractivity contribution in [3.8, 4) is 0 Å². The molecule has 0 spiro atoms. The Morgan fingerprint density at radius 3 is 2.03 bits per heavy atom. The SMILES string of the molecule is CNC(=O)[C@H](C)N(Cc1ccccc1)C(=O)CN(c1ccc([N+](=O)[O-])cc1)S(=O)(=O)c1ccccc1. The molecule has 188 valence electrons. The summed E-state index contributed by atoms with van der Waals surface area (Å²) in [6.45, 7) is 1.01. The number of sulfonamides is 1. The monoisotopic (exact) mass is 510 g/mol. The Hall–Kier alpha value is -4.25. The first kappa shape index (κ1) is 26.4. The van der Waals surface area contributed by atoms with Crippen molar-refractivity contribution < 1.29 is 22.9 Å². The molecule has 0 fully saturated rings. The van der Waals surface area contributed by atoms with Gasteiger partial charge in [-0.25, -0.2) is 8.42 Å². The van der Waals surface area contributed by atoms with E-state index in [1.54, 1.807) is 49.4 Å². The second-order valence-corrected chi connectivity index (χ2v) is 9.76. The maximum Gasteiger partial charge on any atom is 0.269 e. The van der Waals surface area contributed by atoms with Gasteiger partial charge in [0.15, 0.2) is 0 Å². The zero-order valence-electron chi connectivity index (χ0n) is 19.8. The fraction of sp³-hybridized carbons (Fsp3) is 0.200. The molecule has 1 N–H and O–H groups in total. The number of carbonyl (C=O) groups is 2. The van der Waals surface area contributed by atoms with Gasteiger partial charge >= 0.3 is 0 Å². The Morgan fingerprint density at radius 2 is 1.50 bits per heavy atom. The van der Waals surface area contributed by atoms with Gasteiger partial charge in [-0.15, -0.1) is 0 Å². The highest BCUT2D eigenvalue weighted by molar-refractivity contribution is 7.92. The fourth-order valence-corrected chi connectivity index (χ4v) is 5.00. The molecule has 1 atom stereocenters. The van der Waals surface area contributed by atoms with Crippen molar-refractivity contribution in [2.24, 2.45) is 0 Å². The molecule has 10 nitrogen and oxygen atoms in total. The first-order valence-corrected chi connectivity index (χ1v) is 12.5. The maximum absolute atomic E-state index is 13.6. The molecular formula is C25H26N4O6S. The summed E-state index contributed by atoms with van der Waals surface area (Å²) >= 11 is 0. The van der Waals surface area contributed by atoms with Crippen LogP contribution in [0.2, 0.25) is 0 Å². The standard InChI is InChI=1S/C25H26N4O6S/c1-19(25(31)26-2)27(17-20-9-5-3-6-10-20)24(30)18-28(21-13-15-22(16-14-21)29(32)33)36(34,35)23-11-7-4-8-12-23/h3-16,19H,17-18H2,1-2H3,(H,26,31)/t19-/m0/s1. The molecule has 2 amide bonds. The van der Waals surface area contributed by atoms with Gasteiger partial charge in [0.05, 0.1) is 15.5 Å². The van der Waals surface area contributed by atoms with Crippen LogP contribution in [0.15, 0.2) is 89.8 Å². The highest BCUT2D eigenvalue weighted by atomic mass is 32.2. The Balaban J connectivity index is 2.03. The lowest BCUT2D eigenvalue weighted by Crippen LogP contribution is -2.50. The summed E-state index contributed by atoms with van der Waals surface area (Å²) < 4.78 is 28.0. The number of benzene rings is 3. The highest BCUT2D eigenvalue weighted by Crippen LogP contribution is 2.26. The van der Waals surface area contributed by atoms with Gasteiger partial charge in [0.2, 0.25) is 11.8 Å². The van der Waals surface area contributed by atoms with E-state index in [0.29, 0.717) is 0 Å². The summed E-state index contributed by atoms with van der Waals surface area (Å²) in [6, 6.07) is 20.6. The van der Waals surface area contributed by atoms with Gasteiger partial charge in [-0.05, 0) is 36.8 Å². The molecule has 3 aromatic rings. The largest absolute Gasteiger partial charge is 0.357 e. The fourth-order valence-electron chi connectivity index (χ4n) is 3.56. The summed E-state index contributed by atoms with van der Waals surface area (Å²) in [5.74, 6) is -1.03. The number of anilines is 1.